The topological polar surface area (TPSA) is 113 Å². The summed E-state index contributed by atoms with van der Waals surface area (Å²) < 4.78 is 7.08. The zero-order chi connectivity index (χ0) is 19.7. The van der Waals surface area contributed by atoms with Gasteiger partial charge in [0.05, 0.1) is 31.0 Å². The number of nitriles is 1. The van der Waals surface area contributed by atoms with Gasteiger partial charge in [-0.05, 0) is 37.1 Å². The van der Waals surface area contributed by atoms with Crippen molar-refractivity contribution >= 4 is 11.6 Å². The van der Waals surface area contributed by atoms with Crippen molar-refractivity contribution in [1.82, 2.24) is 19.9 Å². The van der Waals surface area contributed by atoms with E-state index < -0.39 is 5.41 Å². The highest BCUT2D eigenvalue weighted by Gasteiger charge is 2.54. The molecule has 8 heteroatoms. The van der Waals surface area contributed by atoms with Gasteiger partial charge in [0.15, 0.2) is 17.2 Å². The average molecular weight is 377 g/mol. The highest BCUT2D eigenvalue weighted by atomic mass is 16.5. The molecule has 2 heterocycles. The van der Waals surface area contributed by atoms with Crippen LogP contribution in [0.4, 0.5) is 0 Å². The van der Waals surface area contributed by atoms with Crippen molar-refractivity contribution in [3.8, 4) is 23.1 Å². The van der Waals surface area contributed by atoms with Crippen LogP contribution in [0.1, 0.15) is 24.2 Å². The molecule has 4 rings (SSSR count). The Morgan fingerprint density at radius 3 is 2.89 bits per heavy atom. The second-order valence-electron chi connectivity index (χ2n) is 6.71. The number of amides is 1. The SMILES string of the molecule is COc1ccc(-c2cccc(C#N)c2)n2nc(C3(C(=O)NCCO)CC3)nc12. The predicted molar refractivity (Wildman–Crippen MR) is 101 cm³/mol. The van der Waals surface area contributed by atoms with Gasteiger partial charge >= 0.3 is 0 Å². The second-order valence-corrected chi connectivity index (χ2v) is 6.71. The third-order valence-corrected chi connectivity index (χ3v) is 4.97. The molecule has 0 spiro atoms. The highest BCUT2D eigenvalue weighted by molar-refractivity contribution is 5.90. The van der Waals surface area contributed by atoms with E-state index in [4.69, 9.17) is 9.84 Å². The van der Waals surface area contributed by atoms with Crippen molar-refractivity contribution in [2.45, 2.75) is 18.3 Å². The van der Waals surface area contributed by atoms with E-state index in [9.17, 15) is 10.1 Å². The van der Waals surface area contributed by atoms with Crippen LogP contribution in [0.3, 0.4) is 0 Å². The fourth-order valence-corrected chi connectivity index (χ4v) is 3.28. The first-order valence-corrected chi connectivity index (χ1v) is 8.97. The Morgan fingerprint density at radius 1 is 1.39 bits per heavy atom. The summed E-state index contributed by atoms with van der Waals surface area (Å²) in [6.07, 6.45) is 1.31. The van der Waals surface area contributed by atoms with Crippen molar-refractivity contribution < 1.29 is 14.6 Å². The predicted octanol–water partition coefficient (Wildman–Crippen LogP) is 1.42. The van der Waals surface area contributed by atoms with Gasteiger partial charge in [0, 0.05) is 12.1 Å². The maximum atomic E-state index is 12.6. The van der Waals surface area contributed by atoms with E-state index >= 15 is 0 Å². The Bertz CT molecular complexity index is 1090. The number of aliphatic hydroxyl groups is 1. The summed E-state index contributed by atoms with van der Waals surface area (Å²) in [5.74, 6) is 0.806. The molecule has 2 N–H and O–H groups in total. The zero-order valence-corrected chi connectivity index (χ0v) is 15.3. The number of fused-ring (bicyclic) bond motifs is 1. The van der Waals surface area contributed by atoms with E-state index in [0.29, 0.717) is 35.6 Å². The smallest absolute Gasteiger partial charge is 0.234 e. The Hall–Kier alpha value is -3.44. The van der Waals surface area contributed by atoms with Gasteiger partial charge in [-0.1, -0.05) is 12.1 Å². The molecule has 0 saturated heterocycles. The molecule has 3 aromatic rings. The number of benzene rings is 1. The molecular formula is C20H19N5O3. The number of aromatic nitrogens is 3. The van der Waals surface area contributed by atoms with Gasteiger partial charge in [-0.15, -0.1) is 5.10 Å². The first-order valence-electron chi connectivity index (χ1n) is 8.97. The minimum atomic E-state index is -0.766. The molecular weight excluding hydrogens is 358 g/mol. The molecule has 1 saturated carbocycles. The molecule has 0 radical (unpaired) electrons. The zero-order valence-electron chi connectivity index (χ0n) is 15.3. The van der Waals surface area contributed by atoms with Crippen molar-refractivity contribution in [2.24, 2.45) is 0 Å². The third kappa shape index (κ3) is 2.86. The van der Waals surface area contributed by atoms with Crippen LogP contribution < -0.4 is 10.1 Å². The van der Waals surface area contributed by atoms with Gasteiger partial charge in [0.2, 0.25) is 5.91 Å². The van der Waals surface area contributed by atoms with Crippen molar-refractivity contribution in [3.63, 3.8) is 0 Å². The summed E-state index contributed by atoms with van der Waals surface area (Å²) >= 11 is 0. The lowest BCUT2D eigenvalue weighted by atomic mass is 10.1. The minimum Gasteiger partial charge on any atom is -0.493 e. The molecule has 1 aromatic carbocycles. The van der Waals surface area contributed by atoms with E-state index in [1.165, 1.54) is 0 Å². The number of hydrogen-bond acceptors (Lipinski definition) is 6. The maximum Gasteiger partial charge on any atom is 0.234 e. The summed E-state index contributed by atoms with van der Waals surface area (Å²) in [5.41, 5.74) is 1.86. The largest absolute Gasteiger partial charge is 0.493 e. The van der Waals surface area contributed by atoms with Gasteiger partial charge < -0.3 is 15.2 Å². The van der Waals surface area contributed by atoms with Crippen LogP contribution in [0.2, 0.25) is 0 Å². The molecule has 1 aliphatic rings. The normalized spacial score (nSPS) is 14.5. The molecule has 8 nitrogen and oxygen atoms in total. The van der Waals surface area contributed by atoms with Gasteiger partial charge in [-0.25, -0.2) is 9.50 Å². The van der Waals surface area contributed by atoms with Crippen LogP contribution in [0, 0.1) is 11.3 Å². The minimum absolute atomic E-state index is 0.117. The number of nitrogens with one attached hydrogen (secondary N) is 1. The summed E-state index contributed by atoms with van der Waals surface area (Å²) in [6.45, 7) is 0.0805. The van der Waals surface area contributed by atoms with Crippen LogP contribution in [-0.2, 0) is 10.2 Å². The number of pyridine rings is 1. The first kappa shape index (κ1) is 17.9. The average Bonchev–Trinajstić information content (AvgIpc) is 3.43. The fourth-order valence-electron chi connectivity index (χ4n) is 3.28. The summed E-state index contributed by atoms with van der Waals surface area (Å²) in [6, 6.07) is 13.0. The molecule has 1 aliphatic carbocycles. The Labute approximate surface area is 161 Å². The summed E-state index contributed by atoms with van der Waals surface area (Å²) in [7, 11) is 1.56. The van der Waals surface area contributed by atoms with Crippen LogP contribution >= 0.6 is 0 Å². The summed E-state index contributed by atoms with van der Waals surface area (Å²) in [4.78, 5) is 17.2. The van der Waals surface area contributed by atoms with Gasteiger partial charge in [-0.3, -0.25) is 4.79 Å². The molecule has 28 heavy (non-hydrogen) atoms. The quantitative estimate of drug-likeness (QED) is 0.672. The van der Waals surface area contributed by atoms with Gasteiger partial charge in [0.25, 0.3) is 0 Å². The summed E-state index contributed by atoms with van der Waals surface area (Å²) in [5, 5.41) is 25.5. The van der Waals surface area contributed by atoms with Gasteiger partial charge in [-0.2, -0.15) is 5.26 Å². The maximum absolute atomic E-state index is 12.6. The van der Waals surface area contributed by atoms with Crippen LogP contribution in [0.15, 0.2) is 36.4 Å². The van der Waals surface area contributed by atoms with Crippen LogP contribution in [0.25, 0.3) is 16.9 Å². The Morgan fingerprint density at radius 2 is 2.21 bits per heavy atom. The molecule has 1 amide bonds. The van der Waals surface area contributed by atoms with Gasteiger partial charge in [0.1, 0.15) is 5.41 Å². The number of ether oxygens (including phenoxy) is 1. The number of carbonyl (C=O) groups excluding carboxylic acids is 1. The molecule has 0 unspecified atom stereocenters. The fraction of sp³-hybridized carbons (Fsp3) is 0.300. The Kier molecular flexibility index (Phi) is 4.45. The van der Waals surface area contributed by atoms with Crippen LogP contribution in [-0.4, -0.2) is 45.9 Å². The molecule has 0 atom stereocenters. The monoisotopic (exact) mass is 377 g/mol. The molecule has 2 aromatic heterocycles. The highest BCUT2D eigenvalue weighted by Crippen LogP contribution is 2.47. The lowest BCUT2D eigenvalue weighted by molar-refractivity contribution is -0.123. The number of hydrogen-bond donors (Lipinski definition) is 2. The molecule has 0 bridgehead atoms. The lowest BCUT2D eigenvalue weighted by Gasteiger charge is -2.10. The van der Waals surface area contributed by atoms with Crippen molar-refractivity contribution in [2.75, 3.05) is 20.3 Å². The molecule has 142 valence electrons. The van der Waals surface area contributed by atoms with E-state index in [2.05, 4.69) is 21.5 Å². The molecule has 0 aliphatic heterocycles. The molecule has 1 fully saturated rings. The van der Waals surface area contributed by atoms with Crippen LogP contribution in [0.5, 0.6) is 5.75 Å². The van der Waals surface area contributed by atoms with E-state index in [-0.39, 0.29) is 19.1 Å². The standard InChI is InChI=1S/C20H19N5O3/c1-28-16-6-5-15(14-4-2-3-13(11-14)12-21)25-17(16)23-18(24-25)20(7-8-20)19(27)22-9-10-26/h2-6,11,26H,7-10H2,1H3,(H,22,27). The van der Waals surface area contributed by atoms with Crippen molar-refractivity contribution in [3.05, 3.63) is 47.8 Å². The third-order valence-electron chi connectivity index (χ3n) is 4.97. The van der Waals surface area contributed by atoms with E-state index in [1.807, 2.05) is 18.2 Å². The number of nitrogens with zero attached hydrogens (tertiary/aromatic N) is 4. The first-order chi connectivity index (χ1) is 13.6. The second kappa shape index (κ2) is 6.94. The van der Waals surface area contributed by atoms with E-state index in [1.54, 1.807) is 29.8 Å². The number of carbonyl (C=O) groups is 1. The number of rotatable bonds is 6. The lowest BCUT2D eigenvalue weighted by Crippen LogP contribution is -2.37. The number of aliphatic hydroxyl groups excluding tert-OH is 1. The number of methoxy groups -OCH3 is 1. The Balaban J connectivity index is 1.84. The van der Waals surface area contributed by atoms with E-state index in [0.717, 1.165) is 11.3 Å². The van der Waals surface area contributed by atoms with Crippen molar-refractivity contribution in [1.29, 1.82) is 5.26 Å².